The van der Waals surface area contributed by atoms with Gasteiger partial charge in [-0.25, -0.2) is 0 Å². The van der Waals surface area contributed by atoms with Gasteiger partial charge in [0, 0.05) is 53.0 Å². The maximum atomic E-state index is 4.55. The molecule has 0 spiro atoms. The molecule has 0 atom stereocenters. The first kappa shape index (κ1) is 12.9. The number of hydrogen-bond acceptors (Lipinski definition) is 3. The van der Waals surface area contributed by atoms with E-state index in [-0.39, 0.29) is 0 Å². The normalized spacial score (nSPS) is 10.4. The molecule has 0 aromatic carbocycles. The molecule has 0 fully saturated rings. The Kier molecular flexibility index (Phi) is 3.83. The Morgan fingerprint density at radius 3 is 2.15 bits per heavy atom. The van der Waals surface area contributed by atoms with Crippen molar-refractivity contribution in [2.75, 3.05) is 0 Å². The van der Waals surface area contributed by atoms with Gasteiger partial charge in [0.2, 0.25) is 0 Å². The van der Waals surface area contributed by atoms with Crippen LogP contribution in [0.1, 0.15) is 5.56 Å². The highest BCUT2D eigenvalue weighted by atomic mass is 79.9. The van der Waals surface area contributed by atoms with E-state index < -0.39 is 0 Å². The Labute approximate surface area is 125 Å². The second-order valence-electron chi connectivity index (χ2n) is 4.31. The summed E-state index contributed by atoms with van der Waals surface area (Å²) in [7, 11) is 0. The maximum Gasteiger partial charge on any atom is 0.0799 e. The summed E-state index contributed by atoms with van der Waals surface area (Å²) in [5.74, 6) is 0. The summed E-state index contributed by atoms with van der Waals surface area (Å²) in [5.41, 5.74) is 5.29. The van der Waals surface area contributed by atoms with Crippen molar-refractivity contribution in [3.63, 3.8) is 0 Å². The van der Waals surface area contributed by atoms with Crippen LogP contribution in [0.5, 0.6) is 0 Å². The van der Waals surface area contributed by atoms with Gasteiger partial charge in [0.05, 0.1) is 5.69 Å². The third-order valence-corrected chi connectivity index (χ3v) is 3.67. The molecule has 0 saturated carbocycles. The first-order valence-electron chi connectivity index (χ1n) is 6.25. The maximum absolute atomic E-state index is 4.55. The molecule has 3 aromatic rings. The Morgan fingerprint density at radius 1 is 0.850 bits per heavy atom. The molecule has 98 valence electrons. The molecule has 3 rings (SSSR count). The molecule has 0 saturated heterocycles. The predicted molar refractivity (Wildman–Crippen MR) is 83.3 cm³/mol. The van der Waals surface area contributed by atoms with E-state index in [9.17, 15) is 0 Å². The minimum absolute atomic E-state index is 0.771. The fraction of sp³-hybridized carbons (Fsp3) is 0.0625. The van der Waals surface area contributed by atoms with E-state index in [0.717, 1.165) is 27.7 Å². The molecular weight excluding hydrogens is 314 g/mol. The van der Waals surface area contributed by atoms with Gasteiger partial charge in [0.15, 0.2) is 0 Å². The Bertz CT molecular complexity index is 699. The number of hydrogen-bond donors (Lipinski definition) is 0. The average Bonchev–Trinajstić information content (AvgIpc) is 2.55. The first-order valence-corrected chi connectivity index (χ1v) is 7.37. The fourth-order valence-corrected chi connectivity index (χ4v) is 2.63. The quantitative estimate of drug-likeness (QED) is 0.680. The highest BCUT2D eigenvalue weighted by Gasteiger charge is 2.13. The third-order valence-electron chi connectivity index (χ3n) is 3.07. The monoisotopic (exact) mass is 325 g/mol. The summed E-state index contributed by atoms with van der Waals surface area (Å²) in [6.07, 6.45) is 9.07. The summed E-state index contributed by atoms with van der Waals surface area (Å²) < 4.78 is 0. The van der Waals surface area contributed by atoms with E-state index in [0.29, 0.717) is 0 Å². The predicted octanol–water partition coefficient (Wildman–Crippen LogP) is 4.10. The molecule has 4 heteroatoms. The van der Waals surface area contributed by atoms with Crippen molar-refractivity contribution < 1.29 is 0 Å². The molecule has 3 heterocycles. The summed E-state index contributed by atoms with van der Waals surface area (Å²) in [4.78, 5) is 12.9. The lowest BCUT2D eigenvalue weighted by atomic mass is 9.97. The zero-order chi connectivity index (χ0) is 13.8. The molecule has 0 radical (unpaired) electrons. The van der Waals surface area contributed by atoms with Crippen molar-refractivity contribution in [2.24, 2.45) is 0 Å². The molecule has 3 nitrogen and oxygen atoms in total. The van der Waals surface area contributed by atoms with Crippen molar-refractivity contribution in [3.05, 3.63) is 66.9 Å². The highest BCUT2D eigenvalue weighted by molar-refractivity contribution is 9.08. The van der Waals surface area contributed by atoms with Gasteiger partial charge >= 0.3 is 0 Å². The lowest BCUT2D eigenvalue weighted by molar-refractivity contribution is 1.24. The lowest BCUT2D eigenvalue weighted by Gasteiger charge is -2.12. The Balaban J connectivity index is 2.26. The van der Waals surface area contributed by atoms with E-state index in [4.69, 9.17) is 0 Å². The highest BCUT2D eigenvalue weighted by Crippen LogP contribution is 2.33. The van der Waals surface area contributed by atoms with Gasteiger partial charge in [-0.3, -0.25) is 15.0 Å². The smallest absolute Gasteiger partial charge is 0.0799 e. The molecule has 0 aliphatic rings. The van der Waals surface area contributed by atoms with Gasteiger partial charge in [0.1, 0.15) is 0 Å². The average molecular weight is 326 g/mol. The van der Waals surface area contributed by atoms with Crippen molar-refractivity contribution in [1.82, 2.24) is 15.0 Å². The Hall–Kier alpha value is -2.07. The van der Waals surface area contributed by atoms with E-state index in [1.54, 1.807) is 12.4 Å². The molecule has 0 amide bonds. The summed E-state index contributed by atoms with van der Waals surface area (Å²) in [6.45, 7) is 0. The molecule has 0 bridgehead atoms. The lowest BCUT2D eigenvalue weighted by Crippen LogP contribution is -1.95. The van der Waals surface area contributed by atoms with E-state index in [1.807, 2.05) is 42.9 Å². The van der Waals surface area contributed by atoms with Crippen molar-refractivity contribution in [1.29, 1.82) is 0 Å². The molecule has 20 heavy (non-hydrogen) atoms. The van der Waals surface area contributed by atoms with Gasteiger partial charge in [-0.05, 0) is 29.8 Å². The Morgan fingerprint density at radius 2 is 1.55 bits per heavy atom. The van der Waals surface area contributed by atoms with Crippen molar-refractivity contribution in [2.45, 2.75) is 5.33 Å². The summed E-state index contributed by atoms with van der Waals surface area (Å²) in [6, 6.07) is 9.96. The number of pyridine rings is 3. The van der Waals surface area contributed by atoms with Crippen LogP contribution in [-0.2, 0) is 5.33 Å². The number of nitrogens with zero attached hydrogens (tertiary/aromatic N) is 3. The van der Waals surface area contributed by atoms with E-state index in [2.05, 4.69) is 36.9 Å². The van der Waals surface area contributed by atoms with Crippen LogP contribution in [0.3, 0.4) is 0 Å². The number of alkyl halides is 1. The topological polar surface area (TPSA) is 38.7 Å². The van der Waals surface area contributed by atoms with Crippen LogP contribution in [0.4, 0.5) is 0 Å². The van der Waals surface area contributed by atoms with Crippen LogP contribution < -0.4 is 0 Å². The molecule has 0 aliphatic carbocycles. The van der Waals surface area contributed by atoms with Crippen LogP contribution >= 0.6 is 15.9 Å². The van der Waals surface area contributed by atoms with Crippen LogP contribution in [0.15, 0.2) is 61.3 Å². The van der Waals surface area contributed by atoms with Crippen LogP contribution in [-0.4, -0.2) is 15.0 Å². The molecule has 3 aromatic heterocycles. The SMILES string of the molecule is BrCc1ccnc(-c2cccnc2)c1-c1cccnc1. The summed E-state index contributed by atoms with van der Waals surface area (Å²) in [5, 5.41) is 0.771. The van der Waals surface area contributed by atoms with E-state index >= 15 is 0 Å². The minimum atomic E-state index is 0.771. The standard InChI is InChI=1S/C16H12BrN3/c17-9-12-5-8-20-16(14-4-2-7-19-11-14)15(12)13-3-1-6-18-10-13/h1-8,10-11H,9H2. The van der Waals surface area contributed by atoms with Crippen molar-refractivity contribution in [3.8, 4) is 22.4 Å². The van der Waals surface area contributed by atoms with E-state index in [1.165, 1.54) is 5.56 Å². The minimum Gasteiger partial charge on any atom is -0.264 e. The largest absolute Gasteiger partial charge is 0.264 e. The van der Waals surface area contributed by atoms with Crippen molar-refractivity contribution >= 4 is 15.9 Å². The third kappa shape index (κ3) is 2.47. The zero-order valence-corrected chi connectivity index (χ0v) is 12.3. The molecule has 0 aliphatic heterocycles. The van der Waals surface area contributed by atoms with Gasteiger partial charge < -0.3 is 0 Å². The van der Waals surface area contributed by atoms with Crippen LogP contribution in [0, 0.1) is 0 Å². The zero-order valence-electron chi connectivity index (χ0n) is 10.7. The second kappa shape index (κ2) is 5.92. The summed E-state index contributed by atoms with van der Waals surface area (Å²) >= 11 is 3.55. The molecular formula is C16H12BrN3. The number of aromatic nitrogens is 3. The van der Waals surface area contributed by atoms with Gasteiger partial charge in [-0.2, -0.15) is 0 Å². The van der Waals surface area contributed by atoms with Gasteiger partial charge in [-0.15, -0.1) is 0 Å². The van der Waals surface area contributed by atoms with Gasteiger partial charge in [0.25, 0.3) is 0 Å². The number of rotatable bonds is 3. The first-order chi connectivity index (χ1) is 9.90. The molecule has 0 unspecified atom stereocenters. The van der Waals surface area contributed by atoms with Crippen LogP contribution in [0.2, 0.25) is 0 Å². The van der Waals surface area contributed by atoms with Crippen LogP contribution in [0.25, 0.3) is 22.4 Å². The number of halogens is 1. The second-order valence-corrected chi connectivity index (χ2v) is 4.87. The fourth-order valence-electron chi connectivity index (χ4n) is 2.17. The van der Waals surface area contributed by atoms with Gasteiger partial charge in [-0.1, -0.05) is 22.0 Å². The molecule has 0 N–H and O–H groups in total.